The summed E-state index contributed by atoms with van der Waals surface area (Å²) >= 11 is 0. The van der Waals surface area contributed by atoms with Gasteiger partial charge in [0.1, 0.15) is 17.1 Å². The summed E-state index contributed by atoms with van der Waals surface area (Å²) < 4.78 is 5.36. The maximum atomic E-state index is 12.7. The van der Waals surface area contributed by atoms with E-state index in [1.165, 1.54) is 0 Å². The Morgan fingerprint density at radius 1 is 1.27 bits per heavy atom. The van der Waals surface area contributed by atoms with Gasteiger partial charge in [-0.2, -0.15) is 5.26 Å². The molecule has 0 spiro atoms. The van der Waals surface area contributed by atoms with Crippen LogP contribution in [0.15, 0.2) is 24.5 Å². The molecule has 1 aromatic heterocycles. The first-order chi connectivity index (χ1) is 14.4. The lowest BCUT2D eigenvalue weighted by Crippen LogP contribution is -2.55. The molecule has 3 heterocycles. The Bertz CT molecular complexity index is 964. The van der Waals surface area contributed by atoms with Crippen LogP contribution in [0.2, 0.25) is 0 Å². The number of hydrogen-bond donors (Lipinski definition) is 1. The number of rotatable bonds is 4. The molecule has 2 aromatic rings. The lowest BCUT2D eigenvalue weighted by Gasteiger charge is -2.44. The number of nitriles is 1. The zero-order valence-electron chi connectivity index (χ0n) is 17.6. The minimum Gasteiger partial charge on any atom is -0.379 e. The third-order valence-electron chi connectivity index (χ3n) is 5.76. The van der Waals surface area contributed by atoms with Crippen molar-refractivity contribution in [3.63, 3.8) is 0 Å². The maximum Gasteiger partial charge on any atom is 0.234 e. The number of benzene rings is 1. The number of carbonyl (C=O) groups excluding carboxylic acids is 1. The molecule has 1 aromatic carbocycles. The third-order valence-corrected chi connectivity index (χ3v) is 5.76. The van der Waals surface area contributed by atoms with Crippen molar-refractivity contribution in [1.82, 2.24) is 20.2 Å². The summed E-state index contributed by atoms with van der Waals surface area (Å²) in [6.45, 7) is 9.36. The minimum absolute atomic E-state index is 0.0254. The molecule has 2 aliphatic heterocycles. The first-order valence-corrected chi connectivity index (χ1v) is 10.4. The number of piperidine rings is 1. The molecule has 0 aliphatic carbocycles. The highest BCUT2D eigenvalue weighted by atomic mass is 16.5. The highest BCUT2D eigenvalue weighted by Crippen LogP contribution is 2.35. The number of nitrogens with one attached hydrogen (secondary N) is 1. The van der Waals surface area contributed by atoms with Crippen LogP contribution in [-0.4, -0.2) is 72.8 Å². The van der Waals surface area contributed by atoms with E-state index < -0.39 is 0 Å². The van der Waals surface area contributed by atoms with E-state index in [1.807, 2.05) is 6.07 Å². The molecule has 8 heteroatoms. The Kier molecular flexibility index (Phi) is 5.84. The summed E-state index contributed by atoms with van der Waals surface area (Å²) in [5.74, 6) is 0.0593. The number of ether oxygens (including phenoxy) is 1. The number of amides is 1. The van der Waals surface area contributed by atoms with Crippen molar-refractivity contribution in [1.29, 1.82) is 5.26 Å². The predicted molar refractivity (Wildman–Crippen MR) is 114 cm³/mol. The van der Waals surface area contributed by atoms with E-state index in [-0.39, 0.29) is 17.4 Å². The number of carbonyl (C=O) groups is 1. The van der Waals surface area contributed by atoms with Gasteiger partial charge < -0.3 is 15.0 Å². The highest BCUT2D eigenvalue weighted by molar-refractivity contribution is 5.92. The van der Waals surface area contributed by atoms with E-state index in [1.54, 1.807) is 18.5 Å². The van der Waals surface area contributed by atoms with Crippen LogP contribution >= 0.6 is 0 Å². The van der Waals surface area contributed by atoms with Crippen LogP contribution in [0, 0.1) is 16.7 Å². The Morgan fingerprint density at radius 2 is 2.00 bits per heavy atom. The fourth-order valence-electron chi connectivity index (χ4n) is 4.55. The molecule has 30 heavy (non-hydrogen) atoms. The zero-order chi connectivity index (χ0) is 21.1. The molecule has 2 fully saturated rings. The van der Waals surface area contributed by atoms with Crippen molar-refractivity contribution >= 4 is 22.6 Å². The summed E-state index contributed by atoms with van der Waals surface area (Å²) in [7, 11) is 0. The molecule has 1 amide bonds. The molecule has 2 aliphatic rings. The molecule has 0 saturated carbocycles. The smallest absolute Gasteiger partial charge is 0.234 e. The molecule has 4 rings (SSSR count). The Balaban J connectivity index is 1.53. The van der Waals surface area contributed by atoms with Crippen LogP contribution in [0.3, 0.4) is 0 Å². The number of morpholine rings is 1. The van der Waals surface area contributed by atoms with E-state index >= 15 is 0 Å². The van der Waals surface area contributed by atoms with Crippen molar-refractivity contribution in [2.45, 2.75) is 26.3 Å². The van der Waals surface area contributed by atoms with Crippen LogP contribution in [0.5, 0.6) is 0 Å². The topological polar surface area (TPSA) is 94.4 Å². The quantitative estimate of drug-likeness (QED) is 0.820. The molecule has 158 valence electrons. The second kappa shape index (κ2) is 8.54. The SMILES string of the molecule is CC1(C)C[C@@H](NC(=O)CN2CCOCC2)CN(c2ccc(C#N)c3nccnc23)C1. The van der Waals surface area contributed by atoms with Gasteiger partial charge in [-0.05, 0) is 24.0 Å². The number of hydrogen-bond acceptors (Lipinski definition) is 7. The summed E-state index contributed by atoms with van der Waals surface area (Å²) in [6.07, 6.45) is 4.18. The van der Waals surface area contributed by atoms with Gasteiger partial charge in [-0.1, -0.05) is 13.8 Å². The standard InChI is InChI=1S/C22H28N6O2/c1-22(2)11-17(26-19(29)14-27-7-9-30-10-8-27)13-28(15-22)18-4-3-16(12-23)20-21(18)25-6-5-24-20/h3-6,17H,7-11,13-15H2,1-2H3,(H,26,29)/t17-/m1/s1. The summed E-state index contributed by atoms with van der Waals surface area (Å²) in [5.41, 5.74) is 2.85. The van der Waals surface area contributed by atoms with Crippen molar-refractivity contribution in [3.8, 4) is 6.07 Å². The summed E-state index contributed by atoms with van der Waals surface area (Å²) in [4.78, 5) is 26.0. The second-order valence-electron chi connectivity index (χ2n) is 8.90. The fraction of sp³-hybridized carbons (Fsp3) is 0.545. The number of anilines is 1. The van der Waals surface area contributed by atoms with Crippen LogP contribution in [0.4, 0.5) is 5.69 Å². The van der Waals surface area contributed by atoms with Crippen LogP contribution in [0.25, 0.3) is 11.0 Å². The molecule has 0 bridgehead atoms. The summed E-state index contributed by atoms with van der Waals surface area (Å²) in [6, 6.07) is 6.00. The van der Waals surface area contributed by atoms with E-state index in [0.29, 0.717) is 37.4 Å². The molecule has 1 atom stereocenters. The van der Waals surface area contributed by atoms with E-state index in [2.05, 4.69) is 45.0 Å². The molecule has 2 saturated heterocycles. The molecular weight excluding hydrogens is 380 g/mol. The summed E-state index contributed by atoms with van der Waals surface area (Å²) in [5, 5.41) is 12.6. The number of aromatic nitrogens is 2. The van der Waals surface area contributed by atoms with Gasteiger partial charge in [-0.3, -0.25) is 19.7 Å². The van der Waals surface area contributed by atoms with Crippen LogP contribution in [-0.2, 0) is 9.53 Å². The minimum atomic E-state index is 0.0254. The predicted octanol–water partition coefficient (Wildman–Crippen LogP) is 1.55. The number of nitrogens with zero attached hydrogens (tertiary/aromatic N) is 5. The highest BCUT2D eigenvalue weighted by Gasteiger charge is 2.34. The average Bonchev–Trinajstić information content (AvgIpc) is 2.72. The van der Waals surface area contributed by atoms with Crippen LogP contribution in [0.1, 0.15) is 25.8 Å². The molecular formula is C22H28N6O2. The van der Waals surface area contributed by atoms with Gasteiger partial charge in [0.2, 0.25) is 5.91 Å². The first kappa shape index (κ1) is 20.5. The third kappa shape index (κ3) is 4.53. The Labute approximate surface area is 176 Å². The fourth-order valence-corrected chi connectivity index (χ4v) is 4.55. The van der Waals surface area contributed by atoms with Crippen molar-refractivity contribution < 1.29 is 9.53 Å². The van der Waals surface area contributed by atoms with E-state index in [4.69, 9.17) is 4.74 Å². The van der Waals surface area contributed by atoms with Gasteiger partial charge in [0.15, 0.2) is 0 Å². The van der Waals surface area contributed by atoms with Crippen molar-refractivity contribution in [3.05, 3.63) is 30.1 Å². The van der Waals surface area contributed by atoms with E-state index in [0.717, 1.165) is 37.3 Å². The number of fused-ring (bicyclic) bond motifs is 1. The monoisotopic (exact) mass is 408 g/mol. The normalized spacial score (nSPS) is 21.9. The molecule has 0 radical (unpaired) electrons. The molecule has 8 nitrogen and oxygen atoms in total. The van der Waals surface area contributed by atoms with Gasteiger partial charge in [0, 0.05) is 44.6 Å². The van der Waals surface area contributed by atoms with Gasteiger partial charge >= 0.3 is 0 Å². The largest absolute Gasteiger partial charge is 0.379 e. The van der Waals surface area contributed by atoms with Gasteiger partial charge in [0.05, 0.1) is 31.0 Å². The lowest BCUT2D eigenvalue weighted by molar-refractivity contribution is -0.124. The zero-order valence-corrected chi connectivity index (χ0v) is 17.6. The Morgan fingerprint density at radius 3 is 2.73 bits per heavy atom. The first-order valence-electron chi connectivity index (χ1n) is 10.4. The van der Waals surface area contributed by atoms with Gasteiger partial charge in [0.25, 0.3) is 0 Å². The van der Waals surface area contributed by atoms with Crippen LogP contribution < -0.4 is 10.2 Å². The maximum absolute atomic E-state index is 12.7. The van der Waals surface area contributed by atoms with E-state index in [9.17, 15) is 10.1 Å². The van der Waals surface area contributed by atoms with Gasteiger partial charge in [-0.25, -0.2) is 0 Å². The second-order valence-corrected chi connectivity index (χ2v) is 8.90. The Hall–Kier alpha value is -2.76. The molecule has 1 N–H and O–H groups in total. The van der Waals surface area contributed by atoms with Crippen molar-refractivity contribution in [2.75, 3.05) is 50.8 Å². The van der Waals surface area contributed by atoms with Gasteiger partial charge in [-0.15, -0.1) is 0 Å². The molecule has 0 unspecified atom stereocenters. The average molecular weight is 409 g/mol. The lowest BCUT2D eigenvalue weighted by atomic mass is 9.81. The van der Waals surface area contributed by atoms with Crippen molar-refractivity contribution in [2.24, 2.45) is 5.41 Å².